The largest absolute Gasteiger partial charge is 0.459 e. The zero-order valence-electron chi connectivity index (χ0n) is 74.0. The van der Waals surface area contributed by atoms with E-state index in [0.29, 0.717) is 25.9 Å². The summed E-state index contributed by atoms with van der Waals surface area (Å²) in [6, 6.07) is -1.65. The van der Waals surface area contributed by atoms with Crippen LogP contribution in [0, 0.1) is 35.5 Å². The molecule has 31 heteroatoms. The van der Waals surface area contributed by atoms with Gasteiger partial charge in [0.15, 0.2) is 31.3 Å². The van der Waals surface area contributed by atoms with Crippen molar-refractivity contribution in [3.05, 3.63) is 0 Å². The lowest BCUT2D eigenvalue weighted by molar-refractivity contribution is -0.318. The van der Waals surface area contributed by atoms with Crippen LogP contribution in [0.1, 0.15) is 211 Å². The second-order valence-electron chi connectivity index (χ2n) is 36.1. The highest BCUT2D eigenvalue weighted by Gasteiger charge is 2.58. The minimum absolute atomic E-state index is 0.0990. The number of rotatable bonds is 17. The Morgan fingerprint density at radius 2 is 0.814 bits per heavy atom. The maximum atomic E-state index is 14.5. The van der Waals surface area contributed by atoms with E-state index >= 15 is 0 Å². The molecule has 6 rings (SSSR count). The Labute approximate surface area is 673 Å². The quantitative estimate of drug-likeness (QED) is 0.0696. The molecule has 0 aromatic heterocycles. The smallest absolute Gasteiger partial charge is 0.311 e. The fourth-order valence-electron chi connectivity index (χ4n) is 18.5. The number of cyclic esters (lactones) is 2. The fraction of sp³-hybridized carbons (Fsp3) is 0.939. The number of likely N-dealkylation sites (N-methyl/N-ethyl adjacent to an activating group) is 4. The Balaban J connectivity index is 0.000000404. The molecule has 6 aliphatic heterocycles. The molecule has 0 aromatic carbocycles. The number of ether oxygens (including phenoxy) is 15. The van der Waals surface area contributed by atoms with Crippen LogP contribution in [0.2, 0.25) is 0 Å². The first-order valence-corrected chi connectivity index (χ1v) is 40.9. The third-order valence-corrected chi connectivity index (χ3v) is 25.2. The Kier molecular flexibility index (Phi) is 36.5. The van der Waals surface area contributed by atoms with Gasteiger partial charge in [0.05, 0.1) is 89.1 Å². The van der Waals surface area contributed by atoms with E-state index in [2.05, 4.69) is 0 Å². The lowest BCUT2D eigenvalue weighted by Crippen LogP contribution is -2.61. The van der Waals surface area contributed by atoms with E-state index in [1.54, 1.807) is 69.2 Å². The summed E-state index contributed by atoms with van der Waals surface area (Å²) < 4.78 is 93.4. The lowest BCUT2D eigenvalue weighted by atomic mass is 9.77. The monoisotopic (exact) mass is 1620 g/mol. The van der Waals surface area contributed by atoms with Gasteiger partial charge in [-0.15, -0.1) is 0 Å². The molecule has 6 aliphatic rings. The number of carbonyl (C=O) groups excluding carboxylic acids is 5. The highest BCUT2D eigenvalue weighted by atomic mass is 16.7. The average Bonchev–Trinajstić information content (AvgIpc) is 1.76. The molecule has 6 saturated heterocycles. The minimum atomic E-state index is -1.83. The van der Waals surface area contributed by atoms with Gasteiger partial charge in [0.25, 0.3) is 0 Å². The second kappa shape index (κ2) is 41.2. The first kappa shape index (κ1) is 100. The maximum absolute atomic E-state index is 14.5. The summed E-state index contributed by atoms with van der Waals surface area (Å²) in [6.45, 7) is 39.9. The molecule has 113 heavy (non-hydrogen) atoms. The molecule has 0 aromatic rings. The molecule has 31 nitrogen and oxygen atoms in total. The van der Waals surface area contributed by atoms with Crippen molar-refractivity contribution in [2.75, 3.05) is 69.6 Å². The highest BCUT2D eigenvalue weighted by molar-refractivity contribution is 5.74. The van der Waals surface area contributed by atoms with Crippen LogP contribution >= 0.6 is 0 Å². The van der Waals surface area contributed by atoms with Gasteiger partial charge in [0.1, 0.15) is 53.9 Å². The number of carbonyl (C=O) groups is 5. The summed E-state index contributed by atoms with van der Waals surface area (Å²) in [5, 5.41) is 83.2. The topological polar surface area (TPSA) is 378 Å². The maximum Gasteiger partial charge on any atom is 0.311 e. The fourth-order valence-corrected chi connectivity index (χ4v) is 18.5. The van der Waals surface area contributed by atoms with Crippen LogP contribution < -0.4 is 0 Å². The molecule has 36 atom stereocenters. The standard InChI is InChI=1S/C42H76N2O14.C40H74N2O13/c1-17-31-42(12,50)37(55-29(9)46)26(6)44(15)21-22(2)19-40(10,49)36(58-39-34(54-28(8)45)30(43(13)14)18-23(3)52-39)24(4)33(25(5)38(48)56-31)57-32-20-41(11,51-16)35(47)27(7)53-32;1-16-29-40(11,48)35(52-27(8)43)25(6)42(14)20-21(2)18-38(9,47)34(55-37-31(44)28(41(12)13)17-22(3)50-37)23(4)32(24(5)36(46)53-29)54-30-19-39(10,49-15)33(45)26(7)51-30/h22-27,30-37,39,47,49-50H,17-21H2,1-16H3;21-26,28-35,37,44-45,47-48H,16-20H2,1-15H3/t22-,23-,24+,25-,26-,27+,30+,31-,32+,33+,34-,35+,36-,37-,39+,40-,41-,42-;21-,22-,23+,24-,25-,26+,28+,29-,30+,31-,32+,33+,34-,35-,37+,38-,39-,40-/m11/s1. The van der Waals surface area contributed by atoms with E-state index in [9.17, 15) is 59.7 Å². The predicted octanol–water partition coefficient (Wildman–Crippen LogP) is 5.51. The van der Waals surface area contributed by atoms with Crippen LogP contribution in [-0.2, 0) is 95.0 Å². The first-order valence-electron chi connectivity index (χ1n) is 40.9. The minimum Gasteiger partial charge on any atom is -0.459 e. The van der Waals surface area contributed by atoms with Gasteiger partial charge in [0, 0.05) is 90.9 Å². The molecule has 6 heterocycles. The van der Waals surface area contributed by atoms with Crippen molar-refractivity contribution in [2.24, 2.45) is 35.5 Å². The van der Waals surface area contributed by atoms with Gasteiger partial charge >= 0.3 is 29.8 Å². The van der Waals surface area contributed by atoms with E-state index in [4.69, 9.17) is 71.1 Å². The van der Waals surface area contributed by atoms with Gasteiger partial charge in [-0.3, -0.25) is 33.8 Å². The molecule has 6 fully saturated rings. The summed E-state index contributed by atoms with van der Waals surface area (Å²) in [5.41, 5.74) is -8.94. The van der Waals surface area contributed by atoms with Gasteiger partial charge in [-0.1, -0.05) is 41.5 Å². The molecule has 0 spiro atoms. The number of hydrogen-bond acceptors (Lipinski definition) is 31. The molecule has 0 unspecified atom stereocenters. The van der Waals surface area contributed by atoms with Crippen LogP contribution in [0.25, 0.3) is 0 Å². The predicted molar refractivity (Wildman–Crippen MR) is 417 cm³/mol. The third-order valence-electron chi connectivity index (χ3n) is 25.2. The molecule has 7 N–H and O–H groups in total. The first-order chi connectivity index (χ1) is 52.0. The van der Waals surface area contributed by atoms with E-state index in [1.807, 2.05) is 117 Å². The van der Waals surface area contributed by atoms with Crippen molar-refractivity contribution in [1.29, 1.82) is 0 Å². The summed E-state index contributed by atoms with van der Waals surface area (Å²) in [4.78, 5) is 74.1. The van der Waals surface area contributed by atoms with Crippen molar-refractivity contribution >= 4 is 29.8 Å². The molecule has 0 amide bonds. The number of esters is 5. The number of hydrogen-bond donors (Lipinski definition) is 7. The van der Waals surface area contributed by atoms with Gasteiger partial charge in [-0.05, 0) is 190 Å². The third kappa shape index (κ3) is 24.9. The lowest BCUT2D eigenvalue weighted by Gasteiger charge is -2.49. The van der Waals surface area contributed by atoms with Crippen molar-refractivity contribution in [3.8, 4) is 0 Å². The molecule has 0 saturated carbocycles. The zero-order valence-corrected chi connectivity index (χ0v) is 74.0. The Hall–Kier alpha value is -3.49. The van der Waals surface area contributed by atoms with E-state index in [1.165, 1.54) is 48.8 Å². The van der Waals surface area contributed by atoms with Gasteiger partial charge in [-0.2, -0.15) is 0 Å². The van der Waals surface area contributed by atoms with Crippen LogP contribution in [0.3, 0.4) is 0 Å². The Bertz CT molecular complexity index is 3000. The molecule has 0 aliphatic carbocycles. The molecule has 660 valence electrons. The van der Waals surface area contributed by atoms with Gasteiger partial charge in [0.2, 0.25) is 0 Å². The van der Waals surface area contributed by atoms with Crippen LogP contribution in [-0.4, -0.2) is 335 Å². The van der Waals surface area contributed by atoms with E-state index < -0.39 is 210 Å². The van der Waals surface area contributed by atoms with Crippen molar-refractivity contribution in [3.63, 3.8) is 0 Å². The number of nitrogens with zero attached hydrogens (tertiary/aromatic N) is 4. The highest BCUT2D eigenvalue weighted by Crippen LogP contribution is 2.45. The van der Waals surface area contributed by atoms with Crippen molar-refractivity contribution in [1.82, 2.24) is 19.6 Å². The van der Waals surface area contributed by atoms with Crippen molar-refractivity contribution in [2.45, 2.75) is 391 Å². The Morgan fingerprint density at radius 1 is 0.478 bits per heavy atom. The number of methoxy groups -OCH3 is 2. The van der Waals surface area contributed by atoms with Crippen LogP contribution in [0.5, 0.6) is 0 Å². The number of aliphatic hydroxyl groups excluding tert-OH is 3. The Morgan fingerprint density at radius 3 is 1.14 bits per heavy atom. The molecular weight excluding hydrogens is 1470 g/mol. The SMILES string of the molecule is CC[C@H]1OC(=O)[C@H](C)[C@@H](O[C@H]2C[C@@](C)(OC)[C@@H](O)[C@H](C)O2)[C@H](C)[C@@H](O[C@@H]2O[C@H](C)C[C@H](N(C)C)[C@H]2O)[C@](C)(O)C[C@@H](C)CN(C)[C@H](C)[C@@H](OC(C)=O)[C@]1(C)O.CC[C@H]1OC(=O)[C@H](C)[C@@H](O[C@H]2C[C@@](C)(OC)[C@@H](O)[C@H](C)O2)[C@H](C)[C@@H](O[C@@H]2O[C@H](C)C[C@H](N(C)C)[C@H]2OC(C)=O)[C@](C)(O)C[C@@H](C)CN(C)[C@H](C)[C@@H](OC(C)=O)[C@]1(C)O. The summed E-state index contributed by atoms with van der Waals surface area (Å²) >= 11 is 0. The van der Waals surface area contributed by atoms with Gasteiger partial charge in [-0.25, -0.2) is 0 Å². The molecule has 0 bridgehead atoms. The summed E-state index contributed by atoms with van der Waals surface area (Å²) in [6.07, 6.45) is -16.6. The normalized spacial score (nSPS) is 46.4. The molecular formula is C82H150N4O27. The van der Waals surface area contributed by atoms with Crippen LogP contribution in [0.15, 0.2) is 0 Å². The summed E-state index contributed by atoms with van der Waals surface area (Å²) in [7, 11) is 14.2. The second-order valence-corrected chi connectivity index (χ2v) is 36.1. The van der Waals surface area contributed by atoms with Crippen LogP contribution in [0.4, 0.5) is 0 Å². The average molecular weight is 1620 g/mol. The van der Waals surface area contributed by atoms with Crippen molar-refractivity contribution < 1.29 is 131 Å². The van der Waals surface area contributed by atoms with E-state index in [0.717, 1.165) is 0 Å². The number of aliphatic hydroxyl groups is 7. The van der Waals surface area contributed by atoms with Gasteiger partial charge < -0.3 is 117 Å². The summed E-state index contributed by atoms with van der Waals surface area (Å²) in [5.74, 6) is -7.22. The molecule has 0 radical (unpaired) electrons. The zero-order chi connectivity index (χ0) is 86.2. The van der Waals surface area contributed by atoms with E-state index in [-0.39, 0.29) is 74.7 Å².